The summed E-state index contributed by atoms with van der Waals surface area (Å²) in [6.45, 7) is -0.921. The standard InChI is InChI=1S/C52H67N11O17/c64-34-79-62-39(15-8-21-44(62)69)50(75)55-26-11-31-61(52(77)37-14-7-20-43(68)59-37)38(16-9-29-60(51(76)36-13-6-19-42(67)58-36)30-10-25-54-48(73)35-12-5-18-41(66)57-35)49(74)56-28-33-78-32-27-53-40(65)17-3-1-2-4-22-47(72)80-63-45(70)23-24-46(63)71/h5,7-8,12-15,18,20-21,38,64H,1-4,6,9-11,16-17,19,22-34H2,(H,53,65)(H,54,73)(H,55,75)(H,56,74)(H,57,66)(H,58,67)(H,59,68). The maximum Gasteiger partial charge on any atom is 0.333 e. The molecule has 0 spiro atoms. The molecular weight excluding hydrogens is 1050 g/mol. The SMILES string of the molecule is O=C(CCCCCCC(=O)ON1C(=O)CCC1=O)NCCOCCNC(=O)C(CCCN(CCCNC(=O)c1cccc(=O)[nH]1)C(=O)C1=CCCC(=O)N1)N(CCCNC(=O)c1cccc(=O)n1OCO)C(=O)c1cccc(=O)[nH]1. The third-order valence-electron chi connectivity index (χ3n) is 12.3. The Balaban J connectivity index is 1.21. The second kappa shape index (κ2) is 32.8. The average molecular weight is 1120 g/mol. The Kier molecular flexibility index (Phi) is 25.5. The van der Waals surface area contributed by atoms with E-state index in [1.54, 1.807) is 6.08 Å². The number of hydrogen-bond acceptors (Lipinski definition) is 17. The molecule has 1 atom stereocenters. The molecule has 28 heteroatoms. The van der Waals surface area contributed by atoms with Gasteiger partial charge in [0.15, 0.2) is 0 Å². The molecule has 0 aromatic carbocycles. The molecule has 80 heavy (non-hydrogen) atoms. The molecule has 0 saturated carbocycles. The molecule has 5 heterocycles. The summed E-state index contributed by atoms with van der Waals surface area (Å²) < 4.78 is 6.28. The van der Waals surface area contributed by atoms with Crippen molar-refractivity contribution in [3.63, 3.8) is 0 Å². The Bertz CT molecular complexity index is 2880. The van der Waals surface area contributed by atoms with Gasteiger partial charge in [0.1, 0.15) is 28.8 Å². The van der Waals surface area contributed by atoms with Gasteiger partial charge in [-0.15, -0.1) is 9.79 Å². The molecule has 0 bridgehead atoms. The third-order valence-corrected chi connectivity index (χ3v) is 12.3. The lowest BCUT2D eigenvalue weighted by atomic mass is 10.1. The van der Waals surface area contributed by atoms with Gasteiger partial charge in [0.2, 0.25) is 35.6 Å². The number of allylic oxidation sites excluding steroid dienone is 1. The van der Waals surface area contributed by atoms with Gasteiger partial charge in [-0.1, -0.05) is 37.1 Å². The highest BCUT2D eigenvalue weighted by molar-refractivity contribution is 6.02. The van der Waals surface area contributed by atoms with Crippen molar-refractivity contribution in [2.75, 3.05) is 65.8 Å². The van der Waals surface area contributed by atoms with Gasteiger partial charge in [0.05, 0.1) is 13.2 Å². The lowest BCUT2D eigenvalue weighted by Gasteiger charge is -2.32. The van der Waals surface area contributed by atoms with Crippen LogP contribution in [0.2, 0.25) is 0 Å². The van der Waals surface area contributed by atoms with Crippen molar-refractivity contribution < 1.29 is 67.5 Å². The molecule has 1 fully saturated rings. The number of aromatic amines is 2. The van der Waals surface area contributed by atoms with E-state index >= 15 is 0 Å². The number of aliphatic hydroxyl groups is 1. The van der Waals surface area contributed by atoms with Crippen LogP contribution in [0.5, 0.6) is 0 Å². The van der Waals surface area contributed by atoms with E-state index in [1.165, 1.54) is 58.3 Å². The Labute approximate surface area is 457 Å². The van der Waals surface area contributed by atoms with E-state index in [1.807, 2.05) is 0 Å². The number of aromatic nitrogens is 3. The Morgan fingerprint density at radius 2 is 1.26 bits per heavy atom. The largest absolute Gasteiger partial charge is 0.382 e. The zero-order chi connectivity index (χ0) is 57.8. The first-order chi connectivity index (χ1) is 38.6. The van der Waals surface area contributed by atoms with Gasteiger partial charge in [-0.05, 0) is 63.1 Å². The average Bonchev–Trinajstić information content (AvgIpc) is 3.77. The van der Waals surface area contributed by atoms with E-state index in [2.05, 4.69) is 36.6 Å². The van der Waals surface area contributed by atoms with E-state index in [9.17, 15) is 67.4 Å². The van der Waals surface area contributed by atoms with Crippen molar-refractivity contribution in [2.24, 2.45) is 0 Å². The number of aliphatic hydroxyl groups excluding tert-OH is 1. The summed E-state index contributed by atoms with van der Waals surface area (Å²) in [5, 5.41) is 23.2. The van der Waals surface area contributed by atoms with Crippen LogP contribution in [0.15, 0.2) is 80.8 Å². The number of H-pyrrole nitrogens is 2. The Morgan fingerprint density at radius 3 is 1.95 bits per heavy atom. The van der Waals surface area contributed by atoms with E-state index in [4.69, 9.17) is 14.4 Å². The fourth-order valence-electron chi connectivity index (χ4n) is 8.32. The van der Waals surface area contributed by atoms with E-state index in [-0.39, 0.29) is 151 Å². The minimum absolute atomic E-state index is 0.00413. The van der Waals surface area contributed by atoms with Gasteiger partial charge in [-0.2, -0.15) is 0 Å². The minimum atomic E-state index is -1.28. The zero-order valence-corrected chi connectivity index (χ0v) is 44.1. The molecule has 0 aliphatic carbocycles. The number of ether oxygens (including phenoxy) is 1. The van der Waals surface area contributed by atoms with E-state index < -0.39 is 76.8 Å². The molecule has 3 aromatic rings. The summed E-state index contributed by atoms with van der Waals surface area (Å²) in [7, 11) is 0. The maximum atomic E-state index is 14.4. The molecule has 9 amide bonds. The number of hydroxylamine groups is 2. The number of amides is 9. The fourth-order valence-corrected chi connectivity index (χ4v) is 8.32. The van der Waals surface area contributed by atoms with Crippen LogP contribution >= 0.6 is 0 Å². The van der Waals surface area contributed by atoms with Crippen molar-refractivity contribution in [1.29, 1.82) is 0 Å². The first-order valence-corrected chi connectivity index (χ1v) is 26.3. The number of nitrogens with one attached hydrogen (secondary N) is 7. The fraction of sp³-hybridized carbons (Fsp3) is 0.481. The highest BCUT2D eigenvalue weighted by Crippen LogP contribution is 2.17. The summed E-state index contributed by atoms with van der Waals surface area (Å²) in [5.74, 6) is -5.64. The van der Waals surface area contributed by atoms with Gasteiger partial charge >= 0.3 is 5.97 Å². The second-order valence-corrected chi connectivity index (χ2v) is 18.2. The molecule has 0 radical (unpaired) electrons. The smallest absolute Gasteiger partial charge is 0.333 e. The normalized spacial score (nSPS) is 13.3. The molecule has 2 aliphatic rings. The highest BCUT2D eigenvalue weighted by Gasteiger charge is 2.34. The summed E-state index contributed by atoms with van der Waals surface area (Å²) in [4.78, 5) is 183. The van der Waals surface area contributed by atoms with Crippen LogP contribution in [0, 0.1) is 0 Å². The lowest BCUT2D eigenvalue weighted by Crippen LogP contribution is -2.51. The van der Waals surface area contributed by atoms with Crippen LogP contribution in [-0.2, 0) is 43.1 Å². The molecule has 2 aliphatic heterocycles. The number of pyridine rings is 3. The summed E-state index contributed by atoms with van der Waals surface area (Å²) in [6, 6.07) is 10.5. The maximum absolute atomic E-state index is 14.4. The number of carbonyl (C=O) groups is 10. The first-order valence-electron chi connectivity index (χ1n) is 26.3. The number of imide groups is 1. The lowest BCUT2D eigenvalue weighted by molar-refractivity contribution is -0.197. The number of carbonyl (C=O) groups excluding carboxylic acids is 10. The molecular formula is C52H67N11O17. The van der Waals surface area contributed by atoms with Crippen molar-refractivity contribution in [2.45, 2.75) is 95.9 Å². The van der Waals surface area contributed by atoms with Crippen LogP contribution in [0.4, 0.5) is 0 Å². The summed E-state index contributed by atoms with van der Waals surface area (Å²) in [6.07, 6.45) is 4.80. The van der Waals surface area contributed by atoms with Crippen molar-refractivity contribution in [1.82, 2.24) is 56.1 Å². The van der Waals surface area contributed by atoms with Gasteiger partial charge in [-0.3, -0.25) is 57.5 Å². The quantitative estimate of drug-likeness (QED) is 0.0195. The topological polar surface area (TPSA) is 376 Å². The van der Waals surface area contributed by atoms with E-state index in [0.717, 1.165) is 6.07 Å². The first kappa shape index (κ1) is 62.1. The Morgan fingerprint density at radius 1 is 0.637 bits per heavy atom. The van der Waals surface area contributed by atoms with Crippen molar-refractivity contribution >= 4 is 59.1 Å². The molecule has 8 N–H and O–H groups in total. The summed E-state index contributed by atoms with van der Waals surface area (Å²) >= 11 is 0. The predicted octanol–water partition coefficient (Wildman–Crippen LogP) is -1.35. The third kappa shape index (κ3) is 20.2. The second-order valence-electron chi connectivity index (χ2n) is 18.2. The molecule has 432 valence electrons. The van der Waals surface area contributed by atoms with Crippen molar-refractivity contribution in [3.05, 3.63) is 115 Å². The molecule has 5 rings (SSSR count). The minimum Gasteiger partial charge on any atom is -0.382 e. The monoisotopic (exact) mass is 1120 g/mol. The van der Waals surface area contributed by atoms with E-state index in [0.29, 0.717) is 41.9 Å². The molecule has 1 saturated heterocycles. The van der Waals surface area contributed by atoms with Crippen LogP contribution in [-0.4, -0.2) is 166 Å². The van der Waals surface area contributed by atoms with Gasteiger partial charge in [-0.25, -0.2) is 4.79 Å². The van der Waals surface area contributed by atoms with Crippen LogP contribution < -0.4 is 48.1 Å². The van der Waals surface area contributed by atoms with Gasteiger partial charge in [0, 0.05) is 96.1 Å². The Hall–Kier alpha value is -8.79. The molecule has 28 nitrogen and oxygen atoms in total. The van der Waals surface area contributed by atoms with Crippen LogP contribution in [0.1, 0.15) is 121 Å². The number of unbranched alkanes of at least 4 members (excludes halogenated alkanes) is 3. The van der Waals surface area contributed by atoms with Gasteiger partial charge < -0.3 is 65.9 Å². The van der Waals surface area contributed by atoms with Crippen molar-refractivity contribution in [3.8, 4) is 0 Å². The number of rotatable bonds is 34. The predicted molar refractivity (Wildman–Crippen MR) is 280 cm³/mol. The van der Waals surface area contributed by atoms with Crippen LogP contribution in [0.25, 0.3) is 0 Å². The van der Waals surface area contributed by atoms with Gasteiger partial charge in [0.25, 0.3) is 41.0 Å². The zero-order valence-electron chi connectivity index (χ0n) is 44.1. The molecule has 3 aromatic heterocycles. The van der Waals surface area contributed by atoms with Crippen LogP contribution in [0.3, 0.4) is 0 Å². The highest BCUT2D eigenvalue weighted by atomic mass is 16.7. The summed E-state index contributed by atoms with van der Waals surface area (Å²) in [5.41, 5.74) is -2.11. The number of hydrogen-bond donors (Lipinski definition) is 8. The number of nitrogens with zero attached hydrogens (tertiary/aromatic N) is 4. The molecule has 1 unspecified atom stereocenters.